The lowest BCUT2D eigenvalue weighted by Crippen LogP contribution is -2.34. The van der Waals surface area contributed by atoms with E-state index in [-0.39, 0.29) is 5.91 Å². The van der Waals surface area contributed by atoms with Crippen molar-refractivity contribution in [2.24, 2.45) is 5.84 Å². The van der Waals surface area contributed by atoms with Gasteiger partial charge in [-0.1, -0.05) is 24.3 Å². The molecular formula is C15H16N4O. The van der Waals surface area contributed by atoms with Crippen LogP contribution >= 0.6 is 0 Å². The summed E-state index contributed by atoms with van der Waals surface area (Å²) in [5.41, 5.74) is 5.70. The molecule has 2 aromatic rings. The number of nitrogens with one attached hydrogen (secondary N) is 1. The van der Waals surface area contributed by atoms with Crippen LogP contribution < -0.4 is 16.2 Å². The highest BCUT2D eigenvalue weighted by atomic mass is 16.2. The minimum Gasteiger partial charge on any atom is -0.308 e. The van der Waals surface area contributed by atoms with Crippen LogP contribution in [0.3, 0.4) is 0 Å². The van der Waals surface area contributed by atoms with Crippen molar-refractivity contribution in [3.63, 3.8) is 0 Å². The summed E-state index contributed by atoms with van der Waals surface area (Å²) in [7, 11) is 0. The highest BCUT2D eigenvalue weighted by molar-refractivity contribution is 5.96. The molecule has 0 radical (unpaired) electrons. The molecule has 1 aliphatic heterocycles. The Kier molecular flexibility index (Phi) is 3.35. The van der Waals surface area contributed by atoms with E-state index in [0.29, 0.717) is 18.8 Å². The molecule has 5 heteroatoms. The van der Waals surface area contributed by atoms with Crippen LogP contribution in [0.1, 0.15) is 17.5 Å². The summed E-state index contributed by atoms with van der Waals surface area (Å²) in [6.45, 7) is 0.535. The van der Waals surface area contributed by atoms with E-state index in [1.165, 1.54) is 5.56 Å². The molecular weight excluding hydrogens is 252 g/mol. The van der Waals surface area contributed by atoms with Gasteiger partial charge < -0.3 is 10.3 Å². The first kappa shape index (κ1) is 12.6. The number of aromatic nitrogens is 1. The van der Waals surface area contributed by atoms with Crippen LogP contribution in [0.5, 0.6) is 0 Å². The molecule has 0 aliphatic carbocycles. The maximum absolute atomic E-state index is 12.2. The van der Waals surface area contributed by atoms with Gasteiger partial charge in [-0.25, -0.2) is 10.8 Å². The lowest BCUT2D eigenvalue weighted by atomic mass is 10.0. The Labute approximate surface area is 117 Å². The van der Waals surface area contributed by atoms with Gasteiger partial charge in [0.05, 0.1) is 6.54 Å². The highest BCUT2D eigenvalue weighted by Crippen LogP contribution is 2.28. The summed E-state index contributed by atoms with van der Waals surface area (Å²) < 4.78 is 0. The summed E-state index contributed by atoms with van der Waals surface area (Å²) in [6, 6.07) is 11.8. The minimum atomic E-state index is 0.157. The summed E-state index contributed by atoms with van der Waals surface area (Å²) in [4.78, 5) is 18.2. The molecule has 3 N–H and O–H groups in total. The van der Waals surface area contributed by atoms with E-state index in [1.807, 2.05) is 29.2 Å². The Morgan fingerprint density at radius 1 is 1.20 bits per heavy atom. The first-order valence-corrected chi connectivity index (χ1v) is 6.58. The number of fused-ring (bicyclic) bond motifs is 1. The number of nitrogens with zero attached hydrogens (tertiary/aromatic N) is 2. The number of amides is 1. The van der Waals surface area contributed by atoms with E-state index in [9.17, 15) is 4.79 Å². The van der Waals surface area contributed by atoms with E-state index in [1.54, 1.807) is 12.3 Å². The van der Waals surface area contributed by atoms with Gasteiger partial charge in [0, 0.05) is 18.3 Å². The molecule has 1 aromatic carbocycles. The third-order valence-corrected chi connectivity index (χ3v) is 3.50. The quantitative estimate of drug-likeness (QED) is 0.658. The Bertz CT molecular complexity index is 624. The van der Waals surface area contributed by atoms with Gasteiger partial charge >= 0.3 is 0 Å². The van der Waals surface area contributed by atoms with E-state index in [2.05, 4.69) is 16.5 Å². The van der Waals surface area contributed by atoms with Gasteiger partial charge in [-0.15, -0.1) is 0 Å². The van der Waals surface area contributed by atoms with Crippen molar-refractivity contribution in [3.05, 3.63) is 53.7 Å². The molecule has 0 spiro atoms. The monoisotopic (exact) mass is 268 g/mol. The molecule has 102 valence electrons. The number of nitrogens with two attached hydrogens (primary N) is 1. The largest absolute Gasteiger partial charge is 0.308 e. The van der Waals surface area contributed by atoms with Crippen LogP contribution in [-0.2, 0) is 17.8 Å². The molecule has 1 amide bonds. The molecule has 0 saturated carbocycles. The first-order chi connectivity index (χ1) is 9.78. The molecule has 20 heavy (non-hydrogen) atoms. The van der Waals surface area contributed by atoms with Crippen LogP contribution in [0.4, 0.5) is 11.5 Å². The summed E-state index contributed by atoms with van der Waals surface area (Å²) >= 11 is 0. The Morgan fingerprint density at radius 2 is 2.05 bits per heavy atom. The molecule has 0 unspecified atom stereocenters. The van der Waals surface area contributed by atoms with Gasteiger partial charge in [-0.05, 0) is 29.7 Å². The fraction of sp³-hybridized carbons (Fsp3) is 0.200. The molecule has 0 saturated heterocycles. The predicted molar refractivity (Wildman–Crippen MR) is 78.0 cm³/mol. The van der Waals surface area contributed by atoms with Crippen LogP contribution in [0, 0.1) is 0 Å². The van der Waals surface area contributed by atoms with E-state index in [4.69, 9.17) is 5.84 Å². The average Bonchev–Trinajstić information content (AvgIpc) is 2.51. The van der Waals surface area contributed by atoms with Crippen molar-refractivity contribution in [1.82, 2.24) is 4.98 Å². The van der Waals surface area contributed by atoms with Gasteiger partial charge in [0.1, 0.15) is 5.82 Å². The zero-order valence-electron chi connectivity index (χ0n) is 11.0. The predicted octanol–water partition coefficient (Wildman–Crippen LogP) is 1.85. The normalized spacial score (nSPS) is 14.1. The molecule has 1 aliphatic rings. The number of aryl methyl sites for hydroxylation is 1. The van der Waals surface area contributed by atoms with Gasteiger partial charge in [-0.3, -0.25) is 4.79 Å². The number of pyridine rings is 1. The van der Waals surface area contributed by atoms with Gasteiger partial charge in [0.2, 0.25) is 5.91 Å². The maximum atomic E-state index is 12.2. The van der Waals surface area contributed by atoms with Crippen LogP contribution in [0.2, 0.25) is 0 Å². The SMILES string of the molecule is NNc1ccc(CN2C(=O)CCc3ccccc32)cn1. The number of rotatable bonds is 3. The second-order valence-corrected chi connectivity index (χ2v) is 4.80. The zero-order chi connectivity index (χ0) is 13.9. The van der Waals surface area contributed by atoms with Crippen molar-refractivity contribution in [3.8, 4) is 0 Å². The molecule has 1 aromatic heterocycles. The Morgan fingerprint density at radius 3 is 2.80 bits per heavy atom. The van der Waals surface area contributed by atoms with Crippen molar-refractivity contribution in [1.29, 1.82) is 0 Å². The number of hydrogen-bond donors (Lipinski definition) is 2. The number of para-hydroxylation sites is 1. The number of anilines is 2. The second kappa shape index (κ2) is 5.30. The number of benzene rings is 1. The number of hydrogen-bond acceptors (Lipinski definition) is 4. The van der Waals surface area contributed by atoms with Gasteiger partial charge in [0.15, 0.2) is 0 Å². The van der Waals surface area contributed by atoms with Crippen molar-refractivity contribution in [2.45, 2.75) is 19.4 Å². The van der Waals surface area contributed by atoms with Gasteiger partial charge in [-0.2, -0.15) is 0 Å². The molecule has 5 nitrogen and oxygen atoms in total. The Hall–Kier alpha value is -2.40. The topological polar surface area (TPSA) is 71.2 Å². The smallest absolute Gasteiger partial charge is 0.227 e. The van der Waals surface area contributed by atoms with E-state index in [0.717, 1.165) is 17.7 Å². The number of hydrazine groups is 1. The Balaban J connectivity index is 1.87. The summed E-state index contributed by atoms with van der Waals surface area (Å²) in [6.07, 6.45) is 3.12. The molecule has 0 bridgehead atoms. The summed E-state index contributed by atoms with van der Waals surface area (Å²) in [5.74, 6) is 6.06. The van der Waals surface area contributed by atoms with Crippen molar-refractivity contribution >= 4 is 17.4 Å². The number of carbonyl (C=O) groups is 1. The third kappa shape index (κ3) is 2.35. The van der Waals surface area contributed by atoms with Crippen LogP contribution in [0.15, 0.2) is 42.6 Å². The number of carbonyl (C=O) groups excluding carboxylic acids is 1. The molecule has 3 rings (SSSR count). The maximum Gasteiger partial charge on any atom is 0.227 e. The number of nitrogen functional groups attached to an aromatic ring is 1. The van der Waals surface area contributed by atoms with Crippen molar-refractivity contribution < 1.29 is 4.79 Å². The molecule has 2 heterocycles. The zero-order valence-corrected chi connectivity index (χ0v) is 11.0. The lowest BCUT2D eigenvalue weighted by molar-refractivity contribution is -0.119. The van der Waals surface area contributed by atoms with Crippen molar-refractivity contribution in [2.75, 3.05) is 10.3 Å². The van der Waals surface area contributed by atoms with Gasteiger partial charge in [0.25, 0.3) is 0 Å². The standard InChI is InChI=1S/C15H16N4O/c16-18-14-7-5-11(9-17-14)10-19-13-4-2-1-3-12(13)6-8-15(19)20/h1-5,7,9H,6,8,10,16H2,(H,17,18). The fourth-order valence-electron chi connectivity index (χ4n) is 2.46. The van der Waals surface area contributed by atoms with E-state index >= 15 is 0 Å². The summed E-state index contributed by atoms with van der Waals surface area (Å²) in [5, 5.41) is 0. The first-order valence-electron chi connectivity index (χ1n) is 6.58. The van der Waals surface area contributed by atoms with Crippen LogP contribution in [0.25, 0.3) is 0 Å². The average molecular weight is 268 g/mol. The third-order valence-electron chi connectivity index (χ3n) is 3.50. The van der Waals surface area contributed by atoms with E-state index < -0.39 is 0 Å². The highest BCUT2D eigenvalue weighted by Gasteiger charge is 2.23. The lowest BCUT2D eigenvalue weighted by Gasteiger charge is -2.29. The second-order valence-electron chi connectivity index (χ2n) is 4.80. The fourth-order valence-corrected chi connectivity index (χ4v) is 2.46. The molecule has 0 fully saturated rings. The van der Waals surface area contributed by atoms with Crippen LogP contribution in [-0.4, -0.2) is 10.9 Å². The molecule has 0 atom stereocenters. The minimum absolute atomic E-state index is 0.157.